The highest BCUT2D eigenvalue weighted by molar-refractivity contribution is 7.51. The standard InChI is InChI=1S/C9HF2N2O15P3/c10-1-2(14)13-4(15)12-3(1)20-29(17,28-13)22-7-5-8(6(7,12)11,24-30(18,21-5)23-7)25-31(19)26-9(5,16)27-31/h16H. The summed E-state index contributed by atoms with van der Waals surface area (Å²) in [7, 11) is -15.2. The Morgan fingerprint density at radius 2 is 1.42 bits per heavy atom. The minimum Gasteiger partial charge on any atom is -0.374 e. The predicted octanol–water partition coefficient (Wildman–Crippen LogP) is -1.11. The quantitative estimate of drug-likeness (QED) is 0.414. The maximum Gasteiger partial charge on any atom is 0.611 e. The smallest absolute Gasteiger partial charge is 0.374 e. The van der Waals surface area contributed by atoms with Crippen LogP contribution in [0.5, 0.6) is 5.88 Å². The van der Waals surface area contributed by atoms with E-state index in [9.17, 15) is 32.8 Å². The summed E-state index contributed by atoms with van der Waals surface area (Å²) < 4.78 is 112. The van der Waals surface area contributed by atoms with E-state index in [1.54, 1.807) is 0 Å². The van der Waals surface area contributed by atoms with Gasteiger partial charge < -0.3 is 9.63 Å². The molecule has 0 amide bonds. The van der Waals surface area contributed by atoms with Gasteiger partial charge in [0.1, 0.15) is 0 Å². The second kappa shape index (κ2) is 3.99. The molecular formula is C9HF2N2O15P3. The molecule has 6 fully saturated rings. The monoisotopic (exact) mass is 508 g/mol. The van der Waals surface area contributed by atoms with Gasteiger partial charge in [-0.05, 0) is 0 Å². The number of phosphoric ester groups is 3. The van der Waals surface area contributed by atoms with Gasteiger partial charge in [-0.3, -0.25) is 13.9 Å². The average molecular weight is 508 g/mol. The van der Waals surface area contributed by atoms with Gasteiger partial charge in [0.05, 0.1) is 0 Å². The summed E-state index contributed by atoms with van der Waals surface area (Å²) in [4.78, 5) is 24.8. The second-order valence-corrected chi connectivity index (χ2v) is 11.4. The first-order valence-corrected chi connectivity index (χ1v) is 12.3. The molecule has 9 aliphatic rings. The van der Waals surface area contributed by atoms with E-state index in [4.69, 9.17) is 22.6 Å². The molecule has 1 saturated carbocycles. The highest BCUT2D eigenvalue weighted by atomic mass is 31.2. The molecule has 17 nitrogen and oxygen atoms in total. The number of aliphatic hydroxyl groups is 1. The van der Waals surface area contributed by atoms with Crippen molar-refractivity contribution in [1.82, 2.24) is 9.30 Å². The zero-order valence-electron chi connectivity index (χ0n) is 13.7. The molecule has 6 atom stereocenters. The van der Waals surface area contributed by atoms with Crippen molar-refractivity contribution in [3.8, 4) is 5.88 Å². The third-order valence-corrected chi connectivity index (χ3v) is 9.86. The molecule has 1 aromatic heterocycles. The van der Waals surface area contributed by atoms with Gasteiger partial charge in [0, 0.05) is 0 Å². The maximum atomic E-state index is 16.9. The number of hydrogen-bond donors (Lipinski definition) is 1. The Balaban J connectivity index is 1.58. The van der Waals surface area contributed by atoms with Crippen molar-refractivity contribution in [3.63, 3.8) is 0 Å². The predicted molar refractivity (Wildman–Crippen MR) is 74.8 cm³/mol. The molecule has 166 valence electrons. The molecule has 9 heterocycles. The molecule has 5 saturated heterocycles. The van der Waals surface area contributed by atoms with Crippen LogP contribution < -0.4 is 20.4 Å². The Labute approximate surface area is 163 Å². The molecular weight excluding hydrogens is 507 g/mol. The number of nitrogens with zero attached hydrogens (tertiary/aromatic N) is 2. The second-order valence-electron chi connectivity index (χ2n) is 7.11. The first-order chi connectivity index (χ1) is 14.2. The van der Waals surface area contributed by atoms with Crippen LogP contribution in [0.15, 0.2) is 9.59 Å². The molecule has 22 heteroatoms. The van der Waals surface area contributed by atoms with Crippen molar-refractivity contribution < 1.29 is 68.4 Å². The summed E-state index contributed by atoms with van der Waals surface area (Å²) in [6.07, 6.45) is 0. The Kier molecular flexibility index (Phi) is 2.32. The van der Waals surface area contributed by atoms with E-state index in [-0.39, 0.29) is 4.57 Å². The van der Waals surface area contributed by atoms with Gasteiger partial charge >= 0.3 is 46.5 Å². The lowest BCUT2D eigenvalue weighted by Crippen LogP contribution is -3.02. The van der Waals surface area contributed by atoms with E-state index in [1.807, 2.05) is 0 Å². The van der Waals surface area contributed by atoms with E-state index in [0.29, 0.717) is 0 Å². The summed E-state index contributed by atoms with van der Waals surface area (Å²) in [5.41, 5.74) is -6.83. The summed E-state index contributed by atoms with van der Waals surface area (Å²) in [6.45, 7) is 0. The van der Waals surface area contributed by atoms with E-state index in [2.05, 4.69) is 18.2 Å². The van der Waals surface area contributed by atoms with Gasteiger partial charge in [0.25, 0.3) is 28.9 Å². The molecule has 0 radical (unpaired) electrons. The van der Waals surface area contributed by atoms with Crippen LogP contribution in [0.2, 0.25) is 0 Å². The van der Waals surface area contributed by atoms with Crippen LogP contribution in [0.1, 0.15) is 0 Å². The highest BCUT2D eigenvalue weighted by Crippen LogP contribution is 2.99. The third-order valence-electron chi connectivity index (χ3n) is 5.74. The van der Waals surface area contributed by atoms with Crippen molar-refractivity contribution in [2.75, 3.05) is 0 Å². The molecule has 1 aliphatic carbocycles. The highest BCUT2D eigenvalue weighted by Gasteiger charge is 3.17. The number of fused-ring (bicyclic) bond motifs is 2. The van der Waals surface area contributed by atoms with Gasteiger partial charge in [-0.25, -0.2) is 54.6 Å². The SMILES string of the molecule is O=c1c(F)c2n3c(=O)n1OP(=O)(O2)OC12OP4(=O)OC5(OP6(=O)OC(O)(O6)C15O4)C32F. The van der Waals surface area contributed by atoms with Crippen molar-refractivity contribution in [2.24, 2.45) is 0 Å². The van der Waals surface area contributed by atoms with Crippen molar-refractivity contribution in [1.29, 1.82) is 0 Å². The third kappa shape index (κ3) is 1.27. The first kappa shape index (κ1) is 18.0. The number of aromatic nitrogens is 2. The molecule has 8 bridgehead atoms. The largest absolute Gasteiger partial charge is 0.611 e. The Morgan fingerprint density at radius 1 is 0.871 bits per heavy atom. The molecule has 31 heavy (non-hydrogen) atoms. The van der Waals surface area contributed by atoms with Crippen LogP contribution in [0.25, 0.3) is 0 Å². The number of phosphoric acid groups is 3. The minimum atomic E-state index is -5.43. The maximum absolute atomic E-state index is 16.9. The van der Waals surface area contributed by atoms with Gasteiger partial charge in [0.2, 0.25) is 0 Å². The fraction of sp³-hybridized carbons (Fsp3) is 0.556. The summed E-state index contributed by atoms with van der Waals surface area (Å²) in [5, 5.41) is 10.7. The van der Waals surface area contributed by atoms with Gasteiger partial charge in [-0.1, -0.05) is 4.73 Å². The molecule has 6 unspecified atom stereocenters. The van der Waals surface area contributed by atoms with Crippen LogP contribution in [0, 0.1) is 5.82 Å². The first-order valence-electron chi connectivity index (χ1n) is 7.88. The Morgan fingerprint density at radius 3 is 2.03 bits per heavy atom. The van der Waals surface area contributed by atoms with Crippen molar-refractivity contribution in [3.05, 3.63) is 26.7 Å². The molecule has 10 rings (SSSR count). The molecule has 2 spiro atoms. The zero-order valence-corrected chi connectivity index (χ0v) is 16.3. The lowest BCUT2D eigenvalue weighted by atomic mass is 9.59. The van der Waals surface area contributed by atoms with Gasteiger partial charge in [0.15, 0.2) is 0 Å². The summed E-state index contributed by atoms with van der Waals surface area (Å²) >= 11 is 0. The number of hydrogen-bond acceptors (Lipinski definition) is 15. The van der Waals surface area contributed by atoms with E-state index in [0.717, 1.165) is 0 Å². The molecule has 1 N–H and O–H groups in total. The van der Waals surface area contributed by atoms with E-state index >= 15 is 4.39 Å². The Bertz CT molecular complexity index is 1490. The normalized spacial score (nSPS) is 60.1. The van der Waals surface area contributed by atoms with Crippen molar-refractivity contribution in [2.45, 2.75) is 28.9 Å². The molecule has 8 aliphatic heterocycles. The van der Waals surface area contributed by atoms with Crippen LogP contribution in [-0.2, 0) is 51.2 Å². The average Bonchev–Trinajstić information content (AvgIpc) is 2.91. The summed E-state index contributed by atoms with van der Waals surface area (Å²) in [6, 6.07) is 0. The fourth-order valence-electron chi connectivity index (χ4n) is 4.81. The molecule has 1 aromatic rings. The molecule has 0 aromatic carbocycles. The summed E-state index contributed by atoms with van der Waals surface area (Å²) in [5.74, 6) is -17.7. The van der Waals surface area contributed by atoms with E-state index in [1.165, 1.54) is 0 Å². The van der Waals surface area contributed by atoms with Crippen LogP contribution >= 0.6 is 23.5 Å². The zero-order chi connectivity index (χ0) is 21.8. The lowest BCUT2D eigenvalue weighted by Gasteiger charge is -2.73. The van der Waals surface area contributed by atoms with Crippen molar-refractivity contribution >= 4 is 23.5 Å². The van der Waals surface area contributed by atoms with Crippen LogP contribution in [-0.4, -0.2) is 37.6 Å². The van der Waals surface area contributed by atoms with Gasteiger partial charge in [-0.2, -0.15) is 4.39 Å². The topological polar surface area (TPSA) is 199 Å². The van der Waals surface area contributed by atoms with Gasteiger partial charge in [-0.15, -0.1) is 0 Å². The lowest BCUT2D eigenvalue weighted by molar-refractivity contribution is -0.609. The number of rotatable bonds is 0. The number of alkyl halides is 1. The minimum absolute atomic E-state index is 0.339. The number of halogens is 2. The van der Waals surface area contributed by atoms with E-state index < -0.39 is 80.1 Å². The van der Waals surface area contributed by atoms with Crippen LogP contribution in [0.3, 0.4) is 0 Å². The Hall–Kier alpha value is -1.49. The van der Waals surface area contributed by atoms with Crippen LogP contribution in [0.4, 0.5) is 8.78 Å². The fourth-order valence-corrected chi connectivity index (χ4v) is 9.91.